The largest absolute Gasteiger partial charge is 0.394 e. The van der Waals surface area contributed by atoms with Crippen LogP contribution in [0.4, 0.5) is 5.82 Å². The second kappa shape index (κ2) is 6.31. The first-order valence-corrected chi connectivity index (χ1v) is 6.54. The molecule has 2 rings (SSSR count). The summed E-state index contributed by atoms with van der Waals surface area (Å²) in [6, 6.07) is 0. The summed E-state index contributed by atoms with van der Waals surface area (Å²) in [6.07, 6.45) is -1.06. The number of ether oxygens (including phenoxy) is 1. The number of H-pyrrole nitrogens is 1. The van der Waals surface area contributed by atoms with Crippen LogP contribution in [0.5, 0.6) is 0 Å². The summed E-state index contributed by atoms with van der Waals surface area (Å²) in [5, 5.41) is 31.3. The van der Waals surface area contributed by atoms with E-state index in [4.69, 9.17) is 9.84 Å². The summed E-state index contributed by atoms with van der Waals surface area (Å²) >= 11 is 0. The highest BCUT2D eigenvalue weighted by atomic mass is 16.6. The summed E-state index contributed by atoms with van der Waals surface area (Å²) in [6.45, 7) is 1.59. The molecular weight excluding hydrogens is 266 g/mol. The van der Waals surface area contributed by atoms with Gasteiger partial charge in [0.15, 0.2) is 6.23 Å². The average Bonchev–Trinajstić information content (AvgIpc) is 2.70. The van der Waals surface area contributed by atoms with Crippen LogP contribution in [0.15, 0.2) is 11.0 Å². The van der Waals surface area contributed by atoms with Crippen LogP contribution in [-0.4, -0.2) is 56.4 Å². The van der Waals surface area contributed by atoms with Gasteiger partial charge in [0.05, 0.1) is 6.61 Å². The van der Waals surface area contributed by atoms with Crippen LogP contribution in [-0.2, 0) is 11.2 Å². The van der Waals surface area contributed by atoms with Crippen molar-refractivity contribution in [2.24, 2.45) is 0 Å². The number of nitrogens with zero attached hydrogens (tertiary/aromatic N) is 1. The minimum Gasteiger partial charge on any atom is -0.394 e. The number of anilines is 1. The summed E-state index contributed by atoms with van der Waals surface area (Å²) in [4.78, 5) is 17.6. The highest BCUT2D eigenvalue weighted by Crippen LogP contribution is 2.23. The van der Waals surface area contributed by atoms with E-state index in [2.05, 4.69) is 15.3 Å². The van der Waals surface area contributed by atoms with Gasteiger partial charge in [-0.15, -0.1) is 0 Å². The third-order valence-electron chi connectivity index (χ3n) is 3.23. The van der Waals surface area contributed by atoms with Gasteiger partial charge in [0, 0.05) is 11.8 Å². The maximum absolute atomic E-state index is 11.3. The Morgan fingerprint density at radius 1 is 1.45 bits per heavy atom. The zero-order valence-corrected chi connectivity index (χ0v) is 11.1. The number of aryl methyl sites for hydroxylation is 1. The Morgan fingerprint density at radius 3 is 2.80 bits per heavy atom. The molecule has 0 spiro atoms. The van der Waals surface area contributed by atoms with Crippen LogP contribution >= 0.6 is 0 Å². The Morgan fingerprint density at radius 2 is 2.20 bits per heavy atom. The van der Waals surface area contributed by atoms with Crippen LogP contribution < -0.4 is 11.0 Å². The molecule has 8 nitrogen and oxygen atoms in total. The van der Waals surface area contributed by atoms with Crippen molar-refractivity contribution in [1.82, 2.24) is 9.97 Å². The third-order valence-corrected chi connectivity index (χ3v) is 3.23. The lowest BCUT2D eigenvalue weighted by Crippen LogP contribution is -2.37. The lowest BCUT2D eigenvalue weighted by molar-refractivity contribution is -0.0154. The van der Waals surface area contributed by atoms with Crippen molar-refractivity contribution in [3.63, 3.8) is 0 Å². The highest BCUT2D eigenvalue weighted by Gasteiger charge is 2.42. The Bertz CT molecular complexity index is 506. The zero-order chi connectivity index (χ0) is 14.7. The van der Waals surface area contributed by atoms with Crippen LogP contribution in [0.25, 0.3) is 0 Å². The second-order valence-electron chi connectivity index (χ2n) is 4.73. The van der Waals surface area contributed by atoms with Gasteiger partial charge in [0.2, 0.25) is 0 Å². The monoisotopic (exact) mass is 285 g/mol. The van der Waals surface area contributed by atoms with Crippen LogP contribution in [0.2, 0.25) is 0 Å². The van der Waals surface area contributed by atoms with Crippen LogP contribution in [0.3, 0.4) is 0 Å². The smallest absolute Gasteiger partial charge is 0.346 e. The SMILES string of the molecule is CCCc1c[nH]c(=O)nc1N[C@@H]1O[C@H](CO)[C@H](O)[C@H]1O. The molecule has 0 unspecified atom stereocenters. The molecule has 1 aromatic rings. The zero-order valence-electron chi connectivity index (χ0n) is 11.1. The summed E-state index contributed by atoms with van der Waals surface area (Å²) in [5.41, 5.74) is 0.268. The molecular formula is C12H19N3O5. The normalized spacial score (nSPS) is 29.6. The fourth-order valence-corrected chi connectivity index (χ4v) is 2.16. The fourth-order valence-electron chi connectivity index (χ4n) is 2.16. The molecule has 1 aliphatic rings. The van der Waals surface area contributed by atoms with E-state index in [0.29, 0.717) is 12.2 Å². The number of hydrogen-bond acceptors (Lipinski definition) is 7. The maximum atomic E-state index is 11.3. The second-order valence-corrected chi connectivity index (χ2v) is 4.73. The van der Waals surface area contributed by atoms with Gasteiger partial charge in [0.25, 0.3) is 0 Å². The summed E-state index contributed by atoms with van der Waals surface area (Å²) < 4.78 is 5.30. The van der Waals surface area contributed by atoms with Gasteiger partial charge in [-0.3, -0.25) is 0 Å². The Kier molecular flexibility index (Phi) is 4.71. The molecule has 1 saturated heterocycles. The Balaban J connectivity index is 2.17. The molecule has 5 N–H and O–H groups in total. The molecule has 0 aromatic carbocycles. The minimum atomic E-state index is -1.21. The molecule has 0 bridgehead atoms. The van der Waals surface area contributed by atoms with Gasteiger partial charge in [-0.25, -0.2) is 4.79 Å². The van der Waals surface area contributed by atoms with E-state index in [1.54, 1.807) is 6.20 Å². The molecule has 0 aliphatic carbocycles. The minimum absolute atomic E-state index is 0.311. The number of aromatic amines is 1. The van der Waals surface area contributed by atoms with Crippen molar-refractivity contribution in [2.75, 3.05) is 11.9 Å². The van der Waals surface area contributed by atoms with Crippen LogP contribution in [0, 0.1) is 0 Å². The van der Waals surface area contributed by atoms with Gasteiger partial charge in [-0.1, -0.05) is 13.3 Å². The van der Waals surface area contributed by atoms with E-state index >= 15 is 0 Å². The first kappa shape index (κ1) is 14.9. The number of nitrogens with one attached hydrogen (secondary N) is 2. The van der Waals surface area contributed by atoms with Crippen molar-refractivity contribution in [2.45, 2.75) is 44.3 Å². The molecule has 1 aliphatic heterocycles. The van der Waals surface area contributed by atoms with Crippen molar-refractivity contribution in [3.05, 3.63) is 22.2 Å². The first-order valence-electron chi connectivity index (χ1n) is 6.54. The number of hydrogen-bond donors (Lipinski definition) is 5. The van der Waals surface area contributed by atoms with Crippen LogP contribution in [0.1, 0.15) is 18.9 Å². The van der Waals surface area contributed by atoms with E-state index in [1.807, 2.05) is 6.92 Å². The van der Waals surface area contributed by atoms with Crippen molar-refractivity contribution in [3.8, 4) is 0 Å². The number of aliphatic hydroxyl groups excluding tert-OH is 3. The van der Waals surface area contributed by atoms with Gasteiger partial charge < -0.3 is 30.4 Å². The van der Waals surface area contributed by atoms with Crippen molar-refractivity contribution in [1.29, 1.82) is 0 Å². The summed E-state index contributed by atoms with van der Waals surface area (Å²) in [5.74, 6) is 0.311. The molecule has 112 valence electrons. The predicted octanol–water partition coefficient (Wildman–Crippen LogP) is -1.43. The molecule has 20 heavy (non-hydrogen) atoms. The molecule has 0 saturated carbocycles. The lowest BCUT2D eigenvalue weighted by atomic mass is 10.1. The van der Waals surface area contributed by atoms with Crippen molar-refractivity contribution < 1.29 is 20.1 Å². The van der Waals surface area contributed by atoms with Crippen molar-refractivity contribution >= 4 is 5.82 Å². The molecule has 1 fully saturated rings. The quantitative estimate of drug-likeness (QED) is 0.449. The van der Waals surface area contributed by atoms with E-state index < -0.39 is 36.8 Å². The average molecular weight is 285 g/mol. The Labute approximate surface area is 115 Å². The highest BCUT2D eigenvalue weighted by molar-refractivity contribution is 5.43. The van der Waals surface area contributed by atoms with Gasteiger partial charge in [0.1, 0.15) is 24.1 Å². The topological polar surface area (TPSA) is 128 Å². The third kappa shape index (κ3) is 2.98. The molecule has 4 atom stereocenters. The van der Waals surface area contributed by atoms with E-state index in [-0.39, 0.29) is 0 Å². The predicted molar refractivity (Wildman–Crippen MR) is 70.2 cm³/mol. The fraction of sp³-hybridized carbons (Fsp3) is 0.667. The molecule has 1 aromatic heterocycles. The molecule has 0 amide bonds. The van der Waals surface area contributed by atoms with Gasteiger partial charge in [-0.05, 0) is 6.42 Å². The standard InChI is InChI=1S/C12H19N3O5/c1-2-3-6-4-13-12(19)15-10(6)14-11-9(18)8(17)7(5-16)20-11/h4,7-9,11,16-18H,2-3,5H2,1H3,(H2,13,14,15,19)/t7-,8+,9-,11-/m1/s1. The number of aliphatic hydroxyl groups is 3. The lowest BCUT2D eigenvalue weighted by Gasteiger charge is -2.18. The van der Waals surface area contributed by atoms with E-state index in [9.17, 15) is 15.0 Å². The summed E-state index contributed by atoms with van der Waals surface area (Å²) in [7, 11) is 0. The van der Waals surface area contributed by atoms with E-state index in [1.165, 1.54) is 0 Å². The number of aromatic nitrogens is 2. The van der Waals surface area contributed by atoms with Gasteiger partial charge in [-0.2, -0.15) is 4.98 Å². The number of rotatable bonds is 5. The van der Waals surface area contributed by atoms with E-state index in [0.717, 1.165) is 12.0 Å². The maximum Gasteiger partial charge on any atom is 0.346 e. The Hall–Kier alpha value is -1.48. The first-order chi connectivity index (χ1) is 9.56. The van der Waals surface area contributed by atoms with Gasteiger partial charge >= 0.3 is 5.69 Å². The molecule has 2 heterocycles. The molecule has 0 radical (unpaired) electrons. The molecule has 8 heteroatoms.